The van der Waals surface area contributed by atoms with Crippen molar-refractivity contribution in [3.63, 3.8) is 0 Å². The smallest absolute Gasteiger partial charge is 0.218 e. The summed E-state index contributed by atoms with van der Waals surface area (Å²) in [5, 5.41) is 0. The Balaban J connectivity index is 1.83. The first kappa shape index (κ1) is 13.1. The Labute approximate surface area is 118 Å². The maximum atomic E-state index is 12.5. The molecule has 104 valence electrons. The van der Waals surface area contributed by atoms with Gasteiger partial charge in [0.15, 0.2) is 0 Å². The molecular weight excluding hydrogens is 272 g/mol. The van der Waals surface area contributed by atoms with Gasteiger partial charge in [-0.25, -0.2) is 8.42 Å². The predicted octanol–water partition coefficient (Wildman–Crippen LogP) is 2.11. The lowest BCUT2D eigenvalue weighted by Gasteiger charge is -2.16. The topological polar surface area (TPSA) is 63.4 Å². The van der Waals surface area contributed by atoms with Crippen LogP contribution >= 0.6 is 0 Å². The molecule has 0 bridgehead atoms. The first-order chi connectivity index (χ1) is 9.56. The highest BCUT2D eigenvalue weighted by Gasteiger charge is 2.29. The molecule has 1 aliphatic heterocycles. The summed E-state index contributed by atoms with van der Waals surface area (Å²) >= 11 is 0. The first-order valence-electron chi connectivity index (χ1n) is 6.44. The lowest BCUT2D eigenvalue weighted by Crippen LogP contribution is -2.27. The van der Waals surface area contributed by atoms with Crippen LogP contribution in [-0.2, 0) is 28.9 Å². The van der Waals surface area contributed by atoms with Crippen LogP contribution < -0.4 is 5.73 Å². The van der Waals surface area contributed by atoms with Crippen molar-refractivity contribution in [1.82, 2.24) is 4.31 Å². The summed E-state index contributed by atoms with van der Waals surface area (Å²) in [4.78, 5) is 0. The van der Waals surface area contributed by atoms with Crippen LogP contribution in [-0.4, -0.2) is 12.7 Å². The van der Waals surface area contributed by atoms with Gasteiger partial charge in [-0.15, -0.1) is 0 Å². The fourth-order valence-electron chi connectivity index (χ4n) is 2.45. The summed E-state index contributed by atoms with van der Waals surface area (Å²) < 4.78 is 26.5. The number of hydrogen-bond acceptors (Lipinski definition) is 3. The number of benzene rings is 2. The monoisotopic (exact) mass is 288 g/mol. The summed E-state index contributed by atoms with van der Waals surface area (Å²) in [7, 11) is -3.35. The molecule has 3 rings (SSSR count). The zero-order chi connectivity index (χ0) is 14.2. The molecule has 0 saturated heterocycles. The van der Waals surface area contributed by atoms with Crippen molar-refractivity contribution in [2.45, 2.75) is 18.8 Å². The molecule has 0 aliphatic carbocycles. The van der Waals surface area contributed by atoms with E-state index in [1.165, 1.54) is 4.31 Å². The Hall–Kier alpha value is -1.85. The SMILES string of the molecule is Nc1ccccc1CS(=O)(=O)N1Cc2ccccc2C1. The third-order valence-electron chi connectivity index (χ3n) is 3.60. The van der Waals surface area contributed by atoms with E-state index in [-0.39, 0.29) is 5.75 Å². The van der Waals surface area contributed by atoms with Gasteiger partial charge in [-0.1, -0.05) is 42.5 Å². The van der Waals surface area contributed by atoms with E-state index in [1.54, 1.807) is 24.3 Å². The lowest BCUT2D eigenvalue weighted by atomic mass is 10.1. The zero-order valence-corrected chi connectivity index (χ0v) is 11.8. The molecule has 4 nitrogen and oxygen atoms in total. The first-order valence-corrected chi connectivity index (χ1v) is 8.05. The molecule has 2 aromatic carbocycles. The summed E-state index contributed by atoms with van der Waals surface area (Å²) in [6, 6.07) is 14.9. The second-order valence-electron chi connectivity index (χ2n) is 4.99. The minimum absolute atomic E-state index is 0.0480. The molecule has 0 spiro atoms. The van der Waals surface area contributed by atoms with Crippen molar-refractivity contribution in [2.24, 2.45) is 0 Å². The van der Waals surface area contributed by atoms with Crippen LogP contribution in [0.15, 0.2) is 48.5 Å². The fraction of sp³-hybridized carbons (Fsp3) is 0.200. The van der Waals surface area contributed by atoms with E-state index < -0.39 is 10.0 Å². The molecule has 0 fully saturated rings. The normalized spacial score (nSPS) is 15.2. The number of fused-ring (bicyclic) bond motifs is 1. The van der Waals surface area contributed by atoms with Crippen molar-refractivity contribution < 1.29 is 8.42 Å². The number of anilines is 1. The molecule has 2 N–H and O–H groups in total. The van der Waals surface area contributed by atoms with Crippen LogP contribution in [0.2, 0.25) is 0 Å². The van der Waals surface area contributed by atoms with Gasteiger partial charge in [0.2, 0.25) is 10.0 Å². The Bertz CT molecular complexity index is 716. The van der Waals surface area contributed by atoms with Gasteiger partial charge < -0.3 is 5.73 Å². The second kappa shape index (κ2) is 4.92. The molecular formula is C15H16N2O2S. The van der Waals surface area contributed by atoms with Crippen LogP contribution in [0.3, 0.4) is 0 Å². The van der Waals surface area contributed by atoms with Gasteiger partial charge in [0.1, 0.15) is 0 Å². The summed E-state index contributed by atoms with van der Waals surface area (Å²) in [5.74, 6) is -0.0480. The third kappa shape index (κ3) is 2.42. The fourth-order valence-corrected chi connectivity index (χ4v) is 3.96. The van der Waals surface area contributed by atoms with Gasteiger partial charge in [0, 0.05) is 18.8 Å². The van der Waals surface area contributed by atoms with Crippen molar-refractivity contribution in [3.05, 3.63) is 65.2 Å². The summed E-state index contributed by atoms with van der Waals surface area (Å²) in [5.41, 5.74) is 9.17. The van der Waals surface area contributed by atoms with Gasteiger partial charge >= 0.3 is 0 Å². The average Bonchev–Trinajstić information content (AvgIpc) is 2.86. The molecule has 0 aromatic heterocycles. The van der Waals surface area contributed by atoms with Crippen molar-refractivity contribution >= 4 is 15.7 Å². The Kier molecular flexibility index (Phi) is 3.23. The minimum Gasteiger partial charge on any atom is -0.398 e. The number of para-hydroxylation sites is 1. The molecule has 0 radical (unpaired) electrons. The maximum Gasteiger partial charge on any atom is 0.218 e. The van der Waals surface area contributed by atoms with E-state index in [0.717, 1.165) is 11.1 Å². The van der Waals surface area contributed by atoms with Gasteiger partial charge in [-0.2, -0.15) is 4.31 Å². The number of nitrogens with two attached hydrogens (primary N) is 1. The molecule has 5 heteroatoms. The maximum absolute atomic E-state index is 12.5. The van der Waals surface area contributed by atoms with Crippen LogP contribution in [0.5, 0.6) is 0 Å². The van der Waals surface area contributed by atoms with Crippen LogP contribution in [0.4, 0.5) is 5.69 Å². The van der Waals surface area contributed by atoms with Crippen molar-refractivity contribution in [1.29, 1.82) is 0 Å². The third-order valence-corrected chi connectivity index (χ3v) is 5.32. The van der Waals surface area contributed by atoms with E-state index in [2.05, 4.69) is 0 Å². The summed E-state index contributed by atoms with van der Waals surface area (Å²) in [6.45, 7) is 0.899. The van der Waals surface area contributed by atoms with Gasteiger partial charge in [0.05, 0.1) is 5.75 Å². The average molecular weight is 288 g/mol. The van der Waals surface area contributed by atoms with Crippen LogP contribution in [0.1, 0.15) is 16.7 Å². The second-order valence-corrected chi connectivity index (χ2v) is 6.96. The van der Waals surface area contributed by atoms with E-state index >= 15 is 0 Å². The molecule has 0 atom stereocenters. The highest BCUT2D eigenvalue weighted by atomic mass is 32.2. The number of nitrogens with zero attached hydrogens (tertiary/aromatic N) is 1. The number of nitrogen functional groups attached to an aromatic ring is 1. The van der Waals surface area contributed by atoms with Crippen LogP contribution in [0.25, 0.3) is 0 Å². The van der Waals surface area contributed by atoms with E-state index in [0.29, 0.717) is 24.3 Å². The largest absolute Gasteiger partial charge is 0.398 e. The lowest BCUT2D eigenvalue weighted by molar-refractivity contribution is 0.431. The zero-order valence-electron chi connectivity index (χ0n) is 11.0. The highest BCUT2D eigenvalue weighted by Crippen LogP contribution is 2.27. The Morgan fingerprint density at radius 3 is 2.10 bits per heavy atom. The molecule has 0 unspecified atom stereocenters. The van der Waals surface area contributed by atoms with Crippen LogP contribution in [0, 0.1) is 0 Å². The molecule has 0 saturated carbocycles. The van der Waals surface area contributed by atoms with E-state index in [4.69, 9.17) is 5.73 Å². The predicted molar refractivity (Wildman–Crippen MR) is 79.2 cm³/mol. The molecule has 20 heavy (non-hydrogen) atoms. The molecule has 1 aliphatic rings. The number of hydrogen-bond donors (Lipinski definition) is 1. The van der Waals surface area contributed by atoms with Gasteiger partial charge in [-0.3, -0.25) is 0 Å². The standard InChI is InChI=1S/C15H16N2O2S/c16-15-8-4-3-7-14(15)11-20(18,19)17-9-12-5-1-2-6-13(12)10-17/h1-8H,9-11,16H2. The summed E-state index contributed by atoms with van der Waals surface area (Å²) in [6.07, 6.45) is 0. The van der Waals surface area contributed by atoms with E-state index in [9.17, 15) is 8.42 Å². The number of sulfonamides is 1. The Morgan fingerprint density at radius 2 is 1.50 bits per heavy atom. The van der Waals surface area contributed by atoms with Crippen molar-refractivity contribution in [2.75, 3.05) is 5.73 Å². The van der Waals surface area contributed by atoms with Gasteiger partial charge in [0.25, 0.3) is 0 Å². The Morgan fingerprint density at radius 1 is 0.950 bits per heavy atom. The van der Waals surface area contributed by atoms with Crippen molar-refractivity contribution in [3.8, 4) is 0 Å². The van der Waals surface area contributed by atoms with E-state index in [1.807, 2.05) is 24.3 Å². The molecule has 2 aromatic rings. The number of rotatable bonds is 3. The highest BCUT2D eigenvalue weighted by molar-refractivity contribution is 7.88. The van der Waals surface area contributed by atoms with Gasteiger partial charge in [-0.05, 0) is 22.8 Å². The molecule has 0 amide bonds. The molecule has 1 heterocycles. The quantitative estimate of drug-likeness (QED) is 0.880. The minimum atomic E-state index is -3.35.